The Morgan fingerprint density at radius 1 is 0.811 bits per heavy atom. The quantitative estimate of drug-likeness (QED) is 0.220. The van der Waals surface area contributed by atoms with Gasteiger partial charge in [-0.2, -0.15) is 11.8 Å². The molecule has 1 aromatic heterocycles. The van der Waals surface area contributed by atoms with Gasteiger partial charge in [0.25, 0.3) is 0 Å². The van der Waals surface area contributed by atoms with Gasteiger partial charge >= 0.3 is 0 Å². The number of hydrogen-bond acceptors (Lipinski definition) is 4. The first-order valence-corrected chi connectivity index (χ1v) is 14.2. The third-order valence-electron chi connectivity index (χ3n) is 6.73. The summed E-state index contributed by atoms with van der Waals surface area (Å²) in [4.78, 5) is 4.38. The topological polar surface area (TPSA) is 42.4 Å². The summed E-state index contributed by atoms with van der Waals surface area (Å²) in [6, 6.07) is 31.1. The molecular formula is C33H33NO2S. The highest BCUT2D eigenvalue weighted by molar-refractivity contribution is 7.98. The number of fused-ring (bicyclic) bond motifs is 1. The SMILES string of the molecule is Oc1ccc2c(c1)CCCC(c1ccccc1)=C2c1ccc(OCCCCSCc2ccccn2)cc1. The Morgan fingerprint density at radius 2 is 1.65 bits per heavy atom. The predicted octanol–water partition coefficient (Wildman–Crippen LogP) is 8.18. The fraction of sp³-hybridized carbons (Fsp3) is 0.242. The average Bonchev–Trinajstić information content (AvgIpc) is 3.13. The Balaban J connectivity index is 1.25. The van der Waals surface area contributed by atoms with Crippen LogP contribution in [0.2, 0.25) is 0 Å². The van der Waals surface area contributed by atoms with E-state index in [2.05, 4.69) is 71.7 Å². The van der Waals surface area contributed by atoms with Gasteiger partial charge in [-0.25, -0.2) is 0 Å². The number of unbranched alkanes of at least 4 members (excludes halogenated alkanes) is 1. The van der Waals surface area contributed by atoms with Crippen LogP contribution in [0.5, 0.6) is 11.5 Å². The molecule has 0 fully saturated rings. The van der Waals surface area contributed by atoms with Crippen molar-refractivity contribution < 1.29 is 9.84 Å². The van der Waals surface area contributed by atoms with Gasteiger partial charge in [-0.05, 0) is 108 Å². The summed E-state index contributed by atoms with van der Waals surface area (Å²) in [6.45, 7) is 0.726. The van der Waals surface area contributed by atoms with E-state index in [4.69, 9.17) is 4.74 Å². The molecule has 3 aromatic carbocycles. The van der Waals surface area contributed by atoms with E-state index in [-0.39, 0.29) is 0 Å². The number of phenolic OH excluding ortho intramolecular Hbond substituents is 1. The molecule has 0 saturated carbocycles. The van der Waals surface area contributed by atoms with E-state index in [1.54, 1.807) is 6.07 Å². The molecule has 0 aliphatic heterocycles. The molecule has 188 valence electrons. The molecular weight excluding hydrogens is 474 g/mol. The molecule has 0 spiro atoms. The molecule has 0 radical (unpaired) electrons. The zero-order valence-corrected chi connectivity index (χ0v) is 21.9. The summed E-state index contributed by atoms with van der Waals surface area (Å²) in [5.74, 6) is 3.32. The van der Waals surface area contributed by atoms with E-state index in [0.717, 1.165) is 61.7 Å². The van der Waals surface area contributed by atoms with Crippen LogP contribution in [0.15, 0.2) is 97.2 Å². The molecule has 0 unspecified atom stereocenters. The first-order valence-electron chi connectivity index (χ1n) is 13.1. The highest BCUT2D eigenvalue weighted by Crippen LogP contribution is 2.40. The van der Waals surface area contributed by atoms with E-state index in [9.17, 15) is 5.11 Å². The number of hydrogen-bond donors (Lipinski definition) is 1. The van der Waals surface area contributed by atoms with Gasteiger partial charge in [-0.3, -0.25) is 4.98 Å². The molecule has 3 nitrogen and oxygen atoms in total. The summed E-state index contributed by atoms with van der Waals surface area (Å²) >= 11 is 1.93. The Labute approximate surface area is 224 Å². The molecule has 1 heterocycles. The number of benzene rings is 3. The number of aromatic hydroxyl groups is 1. The van der Waals surface area contributed by atoms with Gasteiger partial charge < -0.3 is 9.84 Å². The smallest absolute Gasteiger partial charge is 0.119 e. The van der Waals surface area contributed by atoms with Crippen LogP contribution >= 0.6 is 11.8 Å². The molecule has 4 heteroatoms. The van der Waals surface area contributed by atoms with E-state index in [1.807, 2.05) is 36.2 Å². The van der Waals surface area contributed by atoms with Crippen LogP contribution in [-0.2, 0) is 12.2 Å². The van der Waals surface area contributed by atoms with Crippen LogP contribution in [0.1, 0.15) is 53.6 Å². The first kappa shape index (κ1) is 25.2. The second-order valence-corrected chi connectivity index (χ2v) is 10.5. The van der Waals surface area contributed by atoms with Gasteiger partial charge in [-0.1, -0.05) is 54.6 Å². The third kappa shape index (κ3) is 6.64. The molecule has 0 bridgehead atoms. The van der Waals surface area contributed by atoms with E-state index in [0.29, 0.717) is 5.75 Å². The van der Waals surface area contributed by atoms with Crippen LogP contribution in [0, 0.1) is 0 Å². The summed E-state index contributed by atoms with van der Waals surface area (Å²) in [5, 5.41) is 10.1. The molecule has 4 aromatic rings. The number of phenols is 1. The highest BCUT2D eigenvalue weighted by atomic mass is 32.2. The van der Waals surface area contributed by atoms with E-state index >= 15 is 0 Å². The van der Waals surface area contributed by atoms with Crippen molar-refractivity contribution in [3.05, 3.63) is 125 Å². The van der Waals surface area contributed by atoms with Crippen molar-refractivity contribution in [1.82, 2.24) is 4.98 Å². The van der Waals surface area contributed by atoms with Gasteiger partial charge in [-0.15, -0.1) is 0 Å². The second kappa shape index (κ2) is 12.6. The standard InChI is InChI=1S/C33H33NO2S/c35-29-16-19-32-27(23-29)11-8-13-31(25-9-2-1-3-10-25)33(32)26-14-17-30(18-15-26)36-21-6-7-22-37-24-28-12-4-5-20-34-28/h1-5,9-10,12,14-20,23,35H,6-8,11,13,21-22,24H2. The molecule has 1 aliphatic carbocycles. The Kier molecular flexibility index (Phi) is 8.60. The van der Waals surface area contributed by atoms with Gasteiger partial charge in [0.2, 0.25) is 0 Å². The first-order chi connectivity index (χ1) is 18.3. The van der Waals surface area contributed by atoms with Crippen LogP contribution < -0.4 is 4.74 Å². The summed E-state index contributed by atoms with van der Waals surface area (Å²) in [7, 11) is 0. The normalized spacial score (nSPS) is 13.2. The summed E-state index contributed by atoms with van der Waals surface area (Å²) in [6.07, 6.45) is 7.05. The summed E-state index contributed by atoms with van der Waals surface area (Å²) < 4.78 is 6.06. The third-order valence-corrected chi connectivity index (χ3v) is 7.80. The highest BCUT2D eigenvalue weighted by Gasteiger charge is 2.20. The van der Waals surface area contributed by atoms with E-state index < -0.39 is 0 Å². The lowest BCUT2D eigenvalue weighted by atomic mass is 9.88. The van der Waals surface area contributed by atoms with Crippen molar-refractivity contribution in [2.45, 2.75) is 37.9 Å². The van der Waals surface area contributed by atoms with Gasteiger partial charge in [0.05, 0.1) is 12.3 Å². The molecule has 0 amide bonds. The lowest BCUT2D eigenvalue weighted by Gasteiger charge is -2.17. The number of aromatic nitrogens is 1. The number of rotatable bonds is 10. The summed E-state index contributed by atoms with van der Waals surface area (Å²) in [5.41, 5.74) is 8.64. The number of ether oxygens (including phenoxy) is 1. The minimum atomic E-state index is 0.333. The minimum Gasteiger partial charge on any atom is -0.508 e. The van der Waals surface area contributed by atoms with Crippen LogP contribution in [0.4, 0.5) is 0 Å². The lowest BCUT2D eigenvalue weighted by Crippen LogP contribution is -1.99. The Morgan fingerprint density at radius 3 is 2.46 bits per heavy atom. The van der Waals surface area contributed by atoms with Gasteiger partial charge in [0.1, 0.15) is 11.5 Å². The van der Waals surface area contributed by atoms with E-state index in [1.165, 1.54) is 33.4 Å². The molecule has 5 rings (SSSR count). The number of allylic oxidation sites excluding steroid dienone is 1. The molecule has 1 N–H and O–H groups in total. The van der Waals surface area contributed by atoms with Crippen molar-refractivity contribution in [2.24, 2.45) is 0 Å². The molecule has 0 saturated heterocycles. The number of pyridine rings is 1. The maximum atomic E-state index is 10.1. The van der Waals surface area contributed by atoms with Crippen molar-refractivity contribution in [3.63, 3.8) is 0 Å². The Bertz CT molecular complexity index is 1320. The monoisotopic (exact) mass is 507 g/mol. The average molecular weight is 508 g/mol. The van der Waals surface area contributed by atoms with Crippen LogP contribution in [0.25, 0.3) is 11.1 Å². The number of nitrogens with zero attached hydrogens (tertiary/aromatic N) is 1. The molecule has 0 atom stereocenters. The second-order valence-electron chi connectivity index (χ2n) is 9.37. The fourth-order valence-electron chi connectivity index (χ4n) is 4.91. The predicted molar refractivity (Wildman–Crippen MR) is 155 cm³/mol. The maximum absolute atomic E-state index is 10.1. The Hall–Kier alpha value is -3.50. The number of thioether (sulfide) groups is 1. The van der Waals surface area contributed by atoms with Crippen molar-refractivity contribution in [3.8, 4) is 11.5 Å². The van der Waals surface area contributed by atoms with Gasteiger partial charge in [0.15, 0.2) is 0 Å². The minimum absolute atomic E-state index is 0.333. The zero-order valence-electron chi connectivity index (χ0n) is 21.1. The van der Waals surface area contributed by atoms with Crippen LogP contribution in [0.3, 0.4) is 0 Å². The molecule has 37 heavy (non-hydrogen) atoms. The number of aryl methyl sites for hydroxylation is 1. The van der Waals surface area contributed by atoms with Crippen molar-refractivity contribution in [2.75, 3.05) is 12.4 Å². The van der Waals surface area contributed by atoms with Crippen molar-refractivity contribution in [1.29, 1.82) is 0 Å². The van der Waals surface area contributed by atoms with Gasteiger partial charge in [0, 0.05) is 11.9 Å². The lowest BCUT2D eigenvalue weighted by molar-refractivity contribution is 0.310. The van der Waals surface area contributed by atoms with Crippen molar-refractivity contribution >= 4 is 22.9 Å². The zero-order chi connectivity index (χ0) is 25.3. The van der Waals surface area contributed by atoms with Crippen LogP contribution in [-0.4, -0.2) is 22.5 Å². The fourth-order valence-corrected chi connectivity index (χ4v) is 5.84. The maximum Gasteiger partial charge on any atom is 0.119 e. The molecule has 1 aliphatic rings. The largest absolute Gasteiger partial charge is 0.508 e.